The van der Waals surface area contributed by atoms with Crippen LogP contribution in [0.2, 0.25) is 6.32 Å². The number of hydrogen-bond acceptors (Lipinski definition) is 4. The van der Waals surface area contributed by atoms with Gasteiger partial charge in [0.25, 0.3) is 0 Å². The van der Waals surface area contributed by atoms with Gasteiger partial charge in [0.2, 0.25) is 0 Å². The van der Waals surface area contributed by atoms with E-state index in [1.165, 1.54) is 6.07 Å². The van der Waals surface area contributed by atoms with Crippen molar-refractivity contribution in [3.05, 3.63) is 58.9 Å². The van der Waals surface area contributed by atoms with Gasteiger partial charge in [-0.25, -0.2) is 4.39 Å². The van der Waals surface area contributed by atoms with Crippen molar-refractivity contribution in [3.8, 4) is 11.1 Å². The molecule has 2 aromatic carbocycles. The molecule has 1 aliphatic rings. The summed E-state index contributed by atoms with van der Waals surface area (Å²) in [7, 11) is -1.42. The first-order valence-electron chi connectivity index (χ1n) is 9.40. The second kappa shape index (κ2) is 8.03. The molecule has 7 heteroatoms. The molecule has 1 aliphatic carbocycles. The average molecular weight is 386 g/mol. The second-order valence-electron chi connectivity index (χ2n) is 7.62. The van der Waals surface area contributed by atoms with Gasteiger partial charge in [-0.2, -0.15) is 0 Å². The maximum atomic E-state index is 14.9. The molecule has 3 rings (SSSR count). The molecule has 0 spiro atoms. The summed E-state index contributed by atoms with van der Waals surface area (Å²) in [6, 6.07) is 9.94. The van der Waals surface area contributed by atoms with E-state index in [9.17, 15) is 19.4 Å². The van der Waals surface area contributed by atoms with Crippen LogP contribution in [0.25, 0.3) is 11.1 Å². The number of rotatable bonds is 7. The lowest BCUT2D eigenvalue weighted by molar-refractivity contribution is -0.145. The smallest absolute Gasteiger partial charge is 0.451 e. The second-order valence-corrected chi connectivity index (χ2v) is 7.62. The summed E-state index contributed by atoms with van der Waals surface area (Å²) in [5, 5.41) is 37.7. The van der Waals surface area contributed by atoms with Gasteiger partial charge in [-0.1, -0.05) is 30.7 Å². The lowest BCUT2D eigenvalue weighted by atomic mass is 9.72. The highest BCUT2D eigenvalue weighted by Crippen LogP contribution is 2.47. The van der Waals surface area contributed by atoms with Crippen molar-refractivity contribution in [1.29, 1.82) is 0 Å². The van der Waals surface area contributed by atoms with E-state index >= 15 is 0 Å². The quantitative estimate of drug-likeness (QED) is 0.549. The van der Waals surface area contributed by atoms with Crippen LogP contribution < -0.4 is 0 Å². The van der Waals surface area contributed by atoms with Crippen LogP contribution in [-0.4, -0.2) is 33.3 Å². The molecule has 0 bridgehead atoms. The van der Waals surface area contributed by atoms with Crippen molar-refractivity contribution < 1.29 is 29.4 Å². The molecule has 0 saturated heterocycles. The van der Waals surface area contributed by atoms with Crippen molar-refractivity contribution in [1.82, 2.24) is 0 Å². The number of carboxylic acid groups (broad SMARTS) is 1. The molecule has 0 aromatic heterocycles. The Morgan fingerprint density at radius 2 is 1.96 bits per heavy atom. The zero-order valence-corrected chi connectivity index (χ0v) is 15.7. The number of benzene rings is 2. The Morgan fingerprint density at radius 1 is 1.25 bits per heavy atom. The van der Waals surface area contributed by atoms with Gasteiger partial charge in [0.15, 0.2) is 0 Å². The van der Waals surface area contributed by atoms with Crippen LogP contribution in [0.1, 0.15) is 36.5 Å². The molecule has 0 unspecified atom stereocenters. The van der Waals surface area contributed by atoms with Crippen LogP contribution in [0.15, 0.2) is 36.4 Å². The van der Waals surface area contributed by atoms with Gasteiger partial charge in [0.1, 0.15) is 5.82 Å². The highest BCUT2D eigenvalue weighted by molar-refractivity contribution is 6.40. The first kappa shape index (κ1) is 20.5. The SMILES string of the molecule is C[C@@]1(C(=O)O)c2cc(-c3ccccc3CO)c(F)cc2C[C@@H]1CCCB(O)O. The van der Waals surface area contributed by atoms with E-state index in [1.54, 1.807) is 37.3 Å². The molecule has 28 heavy (non-hydrogen) atoms. The van der Waals surface area contributed by atoms with Crippen molar-refractivity contribution in [2.45, 2.75) is 44.5 Å². The Morgan fingerprint density at radius 3 is 2.61 bits per heavy atom. The standard InChI is InChI=1S/C21H24BFO5/c1-21(20(25)26)15(6-4-8-22(27)28)9-14-10-19(23)17(11-18(14)21)16-7-3-2-5-13(16)12-24/h2-3,5,7,10-11,15,24,27-28H,4,6,8-9,12H2,1H3,(H,25,26)/t15-,21-/m0/s1. The first-order valence-corrected chi connectivity index (χ1v) is 9.40. The minimum Gasteiger partial charge on any atom is -0.481 e. The Balaban J connectivity index is 2.04. The van der Waals surface area contributed by atoms with Crippen molar-refractivity contribution >= 4 is 13.1 Å². The topological polar surface area (TPSA) is 98.0 Å². The Hall–Kier alpha value is -2.22. The summed E-state index contributed by atoms with van der Waals surface area (Å²) in [6.07, 6.45) is 1.58. The third-order valence-electron chi connectivity index (χ3n) is 5.97. The van der Waals surface area contributed by atoms with Crippen molar-refractivity contribution in [2.24, 2.45) is 5.92 Å². The molecule has 0 amide bonds. The Labute approximate surface area is 163 Å². The lowest BCUT2D eigenvalue weighted by Crippen LogP contribution is -2.37. The first-order chi connectivity index (χ1) is 13.3. The van der Waals surface area contributed by atoms with E-state index in [0.717, 1.165) is 0 Å². The number of fused-ring (bicyclic) bond motifs is 1. The van der Waals surface area contributed by atoms with Gasteiger partial charge < -0.3 is 20.3 Å². The highest BCUT2D eigenvalue weighted by atomic mass is 19.1. The molecule has 2 aromatic rings. The van der Waals surface area contributed by atoms with Gasteiger partial charge in [-0.15, -0.1) is 0 Å². The van der Waals surface area contributed by atoms with E-state index in [-0.39, 0.29) is 24.4 Å². The summed E-state index contributed by atoms with van der Waals surface area (Å²) in [6.45, 7) is 1.41. The van der Waals surface area contributed by atoms with Crippen LogP contribution >= 0.6 is 0 Å². The third-order valence-corrected chi connectivity index (χ3v) is 5.97. The Bertz CT molecular complexity index is 885. The zero-order valence-electron chi connectivity index (χ0n) is 15.7. The lowest BCUT2D eigenvalue weighted by Gasteiger charge is -2.28. The third kappa shape index (κ3) is 3.57. The van der Waals surface area contributed by atoms with Crippen LogP contribution in [-0.2, 0) is 23.2 Å². The van der Waals surface area contributed by atoms with Crippen LogP contribution in [0, 0.1) is 11.7 Å². The number of halogens is 1. The predicted molar refractivity (Wildman–Crippen MR) is 104 cm³/mol. The molecular weight excluding hydrogens is 362 g/mol. The molecule has 0 saturated carbocycles. The van der Waals surface area contributed by atoms with Crippen molar-refractivity contribution in [3.63, 3.8) is 0 Å². The molecule has 5 nitrogen and oxygen atoms in total. The van der Waals surface area contributed by atoms with E-state index in [1.807, 2.05) is 0 Å². The minimum absolute atomic E-state index is 0.173. The van der Waals surface area contributed by atoms with Crippen LogP contribution in [0.4, 0.5) is 4.39 Å². The number of carbonyl (C=O) groups is 1. The largest absolute Gasteiger partial charge is 0.481 e. The minimum atomic E-state index is -1.42. The van der Waals surface area contributed by atoms with Gasteiger partial charge in [0.05, 0.1) is 12.0 Å². The van der Waals surface area contributed by atoms with E-state index in [2.05, 4.69) is 0 Å². The fourth-order valence-electron chi connectivity index (χ4n) is 4.31. The summed E-state index contributed by atoms with van der Waals surface area (Å²) in [5.41, 5.74) is 1.46. The number of carboxylic acids is 1. The number of aliphatic hydroxyl groups is 1. The summed E-state index contributed by atoms with van der Waals surface area (Å²) in [5.74, 6) is -1.69. The Kier molecular flexibility index (Phi) is 5.88. The number of aliphatic hydroxyl groups excluding tert-OH is 1. The number of hydrogen-bond donors (Lipinski definition) is 4. The molecule has 148 valence electrons. The summed E-state index contributed by atoms with van der Waals surface area (Å²) < 4.78 is 14.9. The van der Waals surface area contributed by atoms with Crippen LogP contribution in [0.5, 0.6) is 0 Å². The fourth-order valence-corrected chi connectivity index (χ4v) is 4.31. The van der Waals surface area contributed by atoms with Crippen molar-refractivity contribution in [2.75, 3.05) is 0 Å². The van der Waals surface area contributed by atoms with E-state index in [0.29, 0.717) is 41.5 Å². The maximum absolute atomic E-state index is 14.9. The van der Waals surface area contributed by atoms with E-state index in [4.69, 9.17) is 10.0 Å². The van der Waals surface area contributed by atoms with Gasteiger partial charge in [-0.05, 0) is 66.4 Å². The van der Waals surface area contributed by atoms with Gasteiger partial charge in [0, 0.05) is 5.56 Å². The maximum Gasteiger partial charge on any atom is 0.451 e. The molecule has 2 atom stereocenters. The summed E-state index contributed by atoms with van der Waals surface area (Å²) in [4.78, 5) is 12.2. The average Bonchev–Trinajstić information content (AvgIpc) is 2.93. The summed E-state index contributed by atoms with van der Waals surface area (Å²) >= 11 is 0. The van der Waals surface area contributed by atoms with E-state index < -0.39 is 24.3 Å². The number of aliphatic carboxylic acids is 1. The highest BCUT2D eigenvalue weighted by Gasteiger charge is 2.49. The molecule has 0 heterocycles. The van der Waals surface area contributed by atoms with Crippen LogP contribution in [0.3, 0.4) is 0 Å². The molecule has 0 radical (unpaired) electrons. The molecule has 4 N–H and O–H groups in total. The van der Waals surface area contributed by atoms with Gasteiger partial charge in [-0.3, -0.25) is 4.79 Å². The molecule has 0 fully saturated rings. The molecular formula is C21H24BFO5. The normalized spacial score (nSPS) is 20.8. The monoisotopic (exact) mass is 386 g/mol. The molecule has 0 aliphatic heterocycles. The van der Waals surface area contributed by atoms with Gasteiger partial charge >= 0.3 is 13.1 Å². The fraction of sp³-hybridized carbons (Fsp3) is 0.381. The zero-order chi connectivity index (χ0) is 20.5. The predicted octanol–water partition coefficient (Wildman–Crippen LogP) is 2.75.